The number of hydrogen-bond acceptors (Lipinski definition) is 2. The van der Waals surface area contributed by atoms with Crippen LogP contribution in [0.2, 0.25) is 0 Å². The maximum absolute atomic E-state index is 5.10. The van der Waals surface area contributed by atoms with Gasteiger partial charge in [0, 0.05) is 5.57 Å². The van der Waals surface area contributed by atoms with Crippen LogP contribution in [0.15, 0.2) is 47.9 Å². The minimum Gasteiger partial charge on any atom is -0.444 e. The molecule has 0 aromatic carbocycles. The van der Waals surface area contributed by atoms with Crippen molar-refractivity contribution in [1.82, 2.24) is 4.98 Å². The average Bonchev–Trinajstić information content (AvgIpc) is 2.51. The third-order valence-corrected chi connectivity index (χ3v) is 1.34. The van der Waals surface area contributed by atoms with Crippen LogP contribution in [0.3, 0.4) is 0 Å². The highest BCUT2D eigenvalue weighted by Crippen LogP contribution is 2.15. The molecule has 0 aliphatic carbocycles. The maximum atomic E-state index is 5.10. The molecule has 0 aliphatic rings. The lowest BCUT2D eigenvalue weighted by Gasteiger charge is -1.94. The van der Waals surface area contributed by atoms with Crippen molar-refractivity contribution in [2.24, 2.45) is 0 Å². The Morgan fingerprint density at radius 1 is 1.67 bits per heavy atom. The predicted octanol–water partition coefficient (Wildman–Crippen LogP) is 2.82. The molecule has 0 spiro atoms. The monoisotopic (exact) mass is 161 g/mol. The van der Waals surface area contributed by atoms with Crippen LogP contribution in [-0.4, -0.2) is 4.98 Å². The second kappa shape index (κ2) is 3.72. The summed E-state index contributed by atoms with van der Waals surface area (Å²) < 4.78 is 5.10. The van der Waals surface area contributed by atoms with Gasteiger partial charge in [-0.1, -0.05) is 24.8 Å². The average molecular weight is 161 g/mol. The molecule has 12 heavy (non-hydrogen) atoms. The lowest BCUT2D eigenvalue weighted by Crippen LogP contribution is -1.76. The minimum atomic E-state index is 0.716. The van der Waals surface area contributed by atoms with Crippen molar-refractivity contribution in [3.63, 3.8) is 0 Å². The minimum absolute atomic E-state index is 0.716. The van der Waals surface area contributed by atoms with Crippen LogP contribution < -0.4 is 0 Å². The second-order valence-electron chi connectivity index (χ2n) is 2.52. The van der Waals surface area contributed by atoms with Crippen LogP contribution in [0, 0.1) is 0 Å². The summed E-state index contributed by atoms with van der Waals surface area (Å²) in [7, 11) is 0. The van der Waals surface area contributed by atoms with Crippen LogP contribution in [0.4, 0.5) is 0 Å². The van der Waals surface area contributed by atoms with Gasteiger partial charge in [-0.3, -0.25) is 0 Å². The highest BCUT2D eigenvalue weighted by atomic mass is 16.3. The Morgan fingerprint density at radius 3 is 2.83 bits per heavy atom. The first-order chi connectivity index (χ1) is 5.74. The molecule has 0 fully saturated rings. The Hall–Kier alpha value is -1.57. The Morgan fingerprint density at radius 2 is 2.42 bits per heavy atom. The van der Waals surface area contributed by atoms with Crippen LogP contribution in [0.25, 0.3) is 5.57 Å². The van der Waals surface area contributed by atoms with Gasteiger partial charge >= 0.3 is 0 Å². The van der Waals surface area contributed by atoms with Gasteiger partial charge in [0.25, 0.3) is 0 Å². The van der Waals surface area contributed by atoms with Crippen LogP contribution >= 0.6 is 0 Å². The van der Waals surface area contributed by atoms with Gasteiger partial charge in [0.1, 0.15) is 0 Å². The van der Waals surface area contributed by atoms with Crippen molar-refractivity contribution in [3.8, 4) is 0 Å². The van der Waals surface area contributed by atoms with Crippen molar-refractivity contribution in [2.75, 3.05) is 0 Å². The van der Waals surface area contributed by atoms with Gasteiger partial charge in [0.2, 0.25) is 0 Å². The van der Waals surface area contributed by atoms with E-state index in [-0.39, 0.29) is 0 Å². The van der Waals surface area contributed by atoms with E-state index in [2.05, 4.69) is 18.1 Å². The van der Waals surface area contributed by atoms with Gasteiger partial charge in [0.15, 0.2) is 12.2 Å². The summed E-state index contributed by atoms with van der Waals surface area (Å²) in [5.41, 5.74) is 1.86. The summed E-state index contributed by atoms with van der Waals surface area (Å²) in [6.07, 6.45) is 6.66. The number of aromatic nitrogens is 1. The fourth-order valence-electron chi connectivity index (χ4n) is 0.854. The highest BCUT2D eigenvalue weighted by Gasteiger charge is 1.99. The lowest BCUT2D eigenvalue weighted by atomic mass is 10.1. The van der Waals surface area contributed by atoms with Crippen LogP contribution in [-0.2, 0) is 0 Å². The van der Waals surface area contributed by atoms with Crippen molar-refractivity contribution in [2.45, 2.75) is 6.92 Å². The molecule has 0 radical (unpaired) electrons. The van der Waals surface area contributed by atoms with E-state index in [4.69, 9.17) is 4.42 Å². The van der Waals surface area contributed by atoms with Crippen LogP contribution in [0.5, 0.6) is 0 Å². The topological polar surface area (TPSA) is 26.0 Å². The van der Waals surface area contributed by atoms with E-state index in [0.717, 1.165) is 11.1 Å². The molecular formula is C10H11NO. The van der Waals surface area contributed by atoms with Gasteiger partial charge in [-0.25, -0.2) is 4.98 Å². The van der Waals surface area contributed by atoms with Gasteiger partial charge in [0.05, 0.1) is 6.20 Å². The molecule has 0 saturated heterocycles. The smallest absolute Gasteiger partial charge is 0.181 e. The zero-order valence-corrected chi connectivity index (χ0v) is 7.08. The molecule has 1 heterocycles. The van der Waals surface area contributed by atoms with Gasteiger partial charge < -0.3 is 4.42 Å². The number of allylic oxidation sites excluding steroid dienone is 4. The summed E-state index contributed by atoms with van der Waals surface area (Å²) in [6, 6.07) is 0. The van der Waals surface area contributed by atoms with Crippen molar-refractivity contribution >= 4 is 5.57 Å². The molecule has 0 amide bonds. The predicted molar refractivity (Wildman–Crippen MR) is 49.5 cm³/mol. The third kappa shape index (κ3) is 1.95. The molecule has 0 unspecified atom stereocenters. The molecule has 0 N–H and O–H groups in total. The molecule has 62 valence electrons. The van der Waals surface area contributed by atoms with Crippen molar-refractivity contribution < 1.29 is 4.42 Å². The SMILES string of the molecule is C=C/C(=C\C(=C)C)c1cnco1. The largest absolute Gasteiger partial charge is 0.444 e. The normalized spacial score (nSPS) is 11.2. The fourth-order valence-corrected chi connectivity index (χ4v) is 0.854. The second-order valence-corrected chi connectivity index (χ2v) is 2.52. The third-order valence-electron chi connectivity index (χ3n) is 1.34. The van der Waals surface area contributed by atoms with E-state index >= 15 is 0 Å². The summed E-state index contributed by atoms with van der Waals surface area (Å²) in [5.74, 6) is 0.716. The first-order valence-corrected chi connectivity index (χ1v) is 3.62. The van der Waals surface area contributed by atoms with E-state index in [9.17, 15) is 0 Å². The standard InChI is InChI=1S/C10H11NO/c1-4-9(5-8(2)3)10-6-11-7-12-10/h4-7H,1-2H2,3H3/b9-5+. The van der Waals surface area contributed by atoms with Crippen LogP contribution in [0.1, 0.15) is 12.7 Å². The Kier molecular flexibility index (Phi) is 2.64. The Balaban J connectivity index is 2.98. The van der Waals surface area contributed by atoms with Crippen molar-refractivity contribution in [1.29, 1.82) is 0 Å². The lowest BCUT2D eigenvalue weighted by molar-refractivity contribution is 0.545. The molecule has 0 bridgehead atoms. The molecule has 1 aromatic rings. The molecule has 0 aliphatic heterocycles. The summed E-state index contributed by atoms with van der Waals surface area (Å²) in [4.78, 5) is 3.81. The van der Waals surface area contributed by atoms with E-state index in [0.29, 0.717) is 5.76 Å². The first-order valence-electron chi connectivity index (χ1n) is 3.62. The van der Waals surface area contributed by atoms with Gasteiger partial charge in [-0.15, -0.1) is 0 Å². The van der Waals surface area contributed by atoms with E-state index < -0.39 is 0 Å². The molecule has 1 rings (SSSR count). The number of hydrogen-bond donors (Lipinski definition) is 0. The molecule has 0 saturated carbocycles. The molecule has 2 heteroatoms. The molecular weight excluding hydrogens is 150 g/mol. The number of rotatable bonds is 3. The van der Waals surface area contributed by atoms with E-state index in [1.807, 2.05) is 13.0 Å². The Bertz CT molecular complexity index is 307. The molecule has 1 aromatic heterocycles. The quantitative estimate of drug-likeness (QED) is 0.637. The van der Waals surface area contributed by atoms with E-state index in [1.54, 1.807) is 12.3 Å². The Labute approximate surface area is 71.9 Å². The maximum Gasteiger partial charge on any atom is 0.181 e. The summed E-state index contributed by atoms with van der Waals surface area (Å²) in [6.45, 7) is 9.36. The zero-order chi connectivity index (χ0) is 8.97. The highest BCUT2D eigenvalue weighted by molar-refractivity contribution is 5.71. The summed E-state index contributed by atoms with van der Waals surface area (Å²) in [5, 5.41) is 0. The van der Waals surface area contributed by atoms with E-state index in [1.165, 1.54) is 6.39 Å². The van der Waals surface area contributed by atoms with Gasteiger partial charge in [-0.2, -0.15) is 0 Å². The molecule has 2 nitrogen and oxygen atoms in total. The molecule has 0 atom stereocenters. The van der Waals surface area contributed by atoms with Crippen molar-refractivity contribution in [3.05, 3.63) is 49.2 Å². The van der Waals surface area contributed by atoms with Gasteiger partial charge in [-0.05, 0) is 13.0 Å². The number of oxazole rings is 1. The first kappa shape index (κ1) is 8.53. The zero-order valence-electron chi connectivity index (χ0n) is 7.08. The number of nitrogens with zero attached hydrogens (tertiary/aromatic N) is 1. The summed E-state index contributed by atoms with van der Waals surface area (Å²) >= 11 is 0. The fraction of sp³-hybridized carbons (Fsp3) is 0.100.